The number of carbonyl (C=O) groups excluding carboxylic acids is 2. The van der Waals surface area contributed by atoms with Crippen LogP contribution in [-0.2, 0) is 14.3 Å². The van der Waals surface area contributed by atoms with Crippen molar-refractivity contribution in [2.24, 2.45) is 0 Å². The predicted octanol–water partition coefficient (Wildman–Crippen LogP) is -0.214. The Morgan fingerprint density at radius 1 is 1.56 bits per heavy atom. The van der Waals surface area contributed by atoms with Crippen molar-refractivity contribution in [1.29, 1.82) is 0 Å². The zero-order valence-corrected chi connectivity index (χ0v) is 9.97. The molecule has 0 aromatic carbocycles. The first-order chi connectivity index (χ1) is 7.04. The first-order valence-corrected chi connectivity index (χ1v) is 4.80. The molecular formula is C9H16ClFN2O3. The first-order valence-electron chi connectivity index (χ1n) is 4.80. The van der Waals surface area contributed by atoms with Crippen molar-refractivity contribution < 1.29 is 18.7 Å². The van der Waals surface area contributed by atoms with Gasteiger partial charge in [0, 0.05) is 13.0 Å². The lowest BCUT2D eigenvalue weighted by Gasteiger charge is -2.15. The summed E-state index contributed by atoms with van der Waals surface area (Å²) in [5, 5.41) is 5.18. The molecular weight excluding hydrogens is 239 g/mol. The lowest BCUT2D eigenvalue weighted by molar-refractivity contribution is -0.144. The van der Waals surface area contributed by atoms with Crippen LogP contribution in [0.2, 0.25) is 0 Å². The minimum atomic E-state index is -0.991. The predicted molar refractivity (Wildman–Crippen MR) is 58.2 cm³/mol. The molecule has 0 saturated carbocycles. The highest BCUT2D eigenvalue weighted by atomic mass is 35.5. The highest BCUT2D eigenvalue weighted by Gasteiger charge is 2.30. The number of esters is 1. The maximum Gasteiger partial charge on any atom is 0.328 e. The van der Waals surface area contributed by atoms with Crippen LogP contribution in [0.15, 0.2) is 0 Å². The van der Waals surface area contributed by atoms with E-state index >= 15 is 0 Å². The summed E-state index contributed by atoms with van der Waals surface area (Å²) >= 11 is 0. The zero-order chi connectivity index (χ0) is 11.4. The van der Waals surface area contributed by atoms with Gasteiger partial charge < -0.3 is 15.4 Å². The normalized spacial score (nSPS) is 25.4. The average Bonchev–Trinajstić information content (AvgIpc) is 2.63. The summed E-state index contributed by atoms with van der Waals surface area (Å²) in [6.07, 6.45) is -0.839. The van der Waals surface area contributed by atoms with Crippen LogP contribution in [0.1, 0.15) is 13.3 Å². The monoisotopic (exact) mass is 254 g/mol. The number of hydrogen-bond donors (Lipinski definition) is 2. The van der Waals surface area contributed by atoms with E-state index in [1.807, 2.05) is 0 Å². The van der Waals surface area contributed by atoms with Gasteiger partial charge in [0.2, 0.25) is 5.91 Å². The van der Waals surface area contributed by atoms with Crippen molar-refractivity contribution in [3.63, 3.8) is 0 Å². The highest BCUT2D eigenvalue weighted by Crippen LogP contribution is 2.09. The second-order valence-electron chi connectivity index (χ2n) is 3.55. The Kier molecular flexibility index (Phi) is 6.28. The van der Waals surface area contributed by atoms with Gasteiger partial charge in [-0.2, -0.15) is 0 Å². The number of hydrogen-bond acceptors (Lipinski definition) is 4. The van der Waals surface area contributed by atoms with Gasteiger partial charge in [-0.1, -0.05) is 0 Å². The van der Waals surface area contributed by atoms with E-state index in [0.29, 0.717) is 0 Å². The summed E-state index contributed by atoms with van der Waals surface area (Å²) in [6.45, 7) is 1.70. The topological polar surface area (TPSA) is 67.4 Å². The van der Waals surface area contributed by atoms with E-state index in [0.717, 1.165) is 0 Å². The molecule has 0 spiro atoms. The molecule has 7 heteroatoms. The summed E-state index contributed by atoms with van der Waals surface area (Å²) in [6, 6.07) is -1.25. The molecule has 16 heavy (non-hydrogen) atoms. The standard InChI is InChI=1S/C9H15FN2O3.ClH/c1-5(9(14)15-2)12-8(13)7-3-6(10)4-11-7;/h5-7,11H,3-4H2,1-2H3,(H,12,13);1H/t5?,6-,7+;/m0./s1. The Balaban J connectivity index is 0.00000225. The van der Waals surface area contributed by atoms with E-state index in [1.165, 1.54) is 14.0 Å². The maximum atomic E-state index is 12.8. The number of amides is 1. The van der Waals surface area contributed by atoms with Crippen molar-refractivity contribution in [2.75, 3.05) is 13.7 Å². The number of methoxy groups -OCH3 is 1. The number of nitrogens with one attached hydrogen (secondary N) is 2. The fourth-order valence-electron chi connectivity index (χ4n) is 1.44. The van der Waals surface area contributed by atoms with E-state index in [4.69, 9.17) is 0 Å². The molecule has 0 aliphatic carbocycles. The molecule has 1 saturated heterocycles. The summed E-state index contributed by atoms with van der Waals surface area (Å²) in [5.41, 5.74) is 0. The molecule has 3 atom stereocenters. The van der Waals surface area contributed by atoms with E-state index in [2.05, 4.69) is 15.4 Å². The van der Waals surface area contributed by atoms with Gasteiger partial charge in [-0.25, -0.2) is 9.18 Å². The molecule has 0 aromatic heterocycles. The second kappa shape index (κ2) is 6.65. The van der Waals surface area contributed by atoms with E-state index < -0.39 is 24.2 Å². The molecule has 1 rings (SSSR count). The minimum absolute atomic E-state index is 0. The molecule has 0 radical (unpaired) electrons. The fourth-order valence-corrected chi connectivity index (χ4v) is 1.44. The number of alkyl halides is 1. The minimum Gasteiger partial charge on any atom is -0.467 e. The van der Waals surface area contributed by atoms with Crippen molar-refractivity contribution >= 4 is 24.3 Å². The average molecular weight is 255 g/mol. The molecule has 1 unspecified atom stereocenters. The summed E-state index contributed by atoms with van der Waals surface area (Å²) in [5.74, 6) is -0.883. The Morgan fingerprint density at radius 2 is 2.19 bits per heavy atom. The molecule has 1 heterocycles. The Morgan fingerprint density at radius 3 is 2.62 bits per heavy atom. The third kappa shape index (κ3) is 3.94. The Bertz CT molecular complexity index is 265. The number of ether oxygens (including phenoxy) is 1. The molecule has 0 aromatic rings. The molecule has 5 nitrogen and oxygen atoms in total. The van der Waals surface area contributed by atoms with Crippen LogP contribution in [-0.4, -0.2) is 43.8 Å². The third-order valence-corrected chi connectivity index (χ3v) is 2.31. The van der Waals surface area contributed by atoms with Gasteiger partial charge in [-0.15, -0.1) is 12.4 Å². The Hall–Kier alpha value is -0.880. The van der Waals surface area contributed by atoms with Gasteiger partial charge in [0.15, 0.2) is 0 Å². The van der Waals surface area contributed by atoms with Gasteiger partial charge in [-0.3, -0.25) is 4.79 Å². The van der Waals surface area contributed by atoms with Crippen LogP contribution >= 0.6 is 12.4 Å². The van der Waals surface area contributed by atoms with Gasteiger partial charge in [-0.05, 0) is 6.92 Å². The quantitative estimate of drug-likeness (QED) is 0.684. The van der Waals surface area contributed by atoms with Gasteiger partial charge in [0.1, 0.15) is 12.2 Å². The van der Waals surface area contributed by atoms with E-state index in [1.54, 1.807) is 0 Å². The molecule has 1 aliphatic rings. The third-order valence-electron chi connectivity index (χ3n) is 2.31. The molecule has 1 fully saturated rings. The lowest BCUT2D eigenvalue weighted by Crippen LogP contribution is -2.47. The first kappa shape index (κ1) is 15.1. The summed E-state index contributed by atoms with van der Waals surface area (Å²) in [4.78, 5) is 22.5. The number of carbonyl (C=O) groups is 2. The van der Waals surface area contributed by atoms with Crippen LogP contribution < -0.4 is 10.6 Å². The maximum absolute atomic E-state index is 12.8. The summed E-state index contributed by atoms with van der Waals surface area (Å²) < 4.78 is 17.2. The molecule has 1 aliphatic heterocycles. The number of halogens is 2. The molecule has 1 amide bonds. The van der Waals surface area contributed by atoms with Crippen molar-refractivity contribution in [2.45, 2.75) is 31.6 Å². The van der Waals surface area contributed by atoms with E-state index in [9.17, 15) is 14.0 Å². The van der Waals surface area contributed by atoms with Crippen LogP contribution in [0, 0.1) is 0 Å². The van der Waals surface area contributed by atoms with Gasteiger partial charge >= 0.3 is 5.97 Å². The zero-order valence-electron chi connectivity index (χ0n) is 9.16. The van der Waals surface area contributed by atoms with Gasteiger partial charge in [0.25, 0.3) is 0 Å². The van der Waals surface area contributed by atoms with E-state index in [-0.39, 0.29) is 31.3 Å². The molecule has 0 bridgehead atoms. The lowest BCUT2D eigenvalue weighted by atomic mass is 10.2. The smallest absolute Gasteiger partial charge is 0.328 e. The van der Waals surface area contributed by atoms with Crippen molar-refractivity contribution in [1.82, 2.24) is 10.6 Å². The van der Waals surface area contributed by atoms with Crippen LogP contribution in [0.25, 0.3) is 0 Å². The highest BCUT2D eigenvalue weighted by molar-refractivity contribution is 5.87. The summed E-state index contributed by atoms with van der Waals surface area (Å²) in [7, 11) is 1.25. The van der Waals surface area contributed by atoms with Gasteiger partial charge in [0.05, 0.1) is 13.2 Å². The SMILES string of the molecule is COC(=O)C(C)NC(=O)[C@H]1C[C@H](F)CN1.Cl. The number of rotatable bonds is 3. The second-order valence-corrected chi connectivity index (χ2v) is 3.55. The largest absolute Gasteiger partial charge is 0.467 e. The molecule has 2 N–H and O–H groups in total. The molecule has 94 valence electrons. The van der Waals surface area contributed by atoms with Crippen molar-refractivity contribution in [3.8, 4) is 0 Å². The van der Waals surface area contributed by atoms with Crippen LogP contribution in [0.5, 0.6) is 0 Å². The van der Waals surface area contributed by atoms with Crippen molar-refractivity contribution in [3.05, 3.63) is 0 Å². The fraction of sp³-hybridized carbons (Fsp3) is 0.778. The Labute approximate surface area is 99.5 Å². The van der Waals surface area contributed by atoms with Crippen LogP contribution in [0.3, 0.4) is 0 Å². The van der Waals surface area contributed by atoms with Crippen LogP contribution in [0.4, 0.5) is 4.39 Å².